The van der Waals surface area contributed by atoms with E-state index in [0.717, 1.165) is 18.3 Å². The van der Waals surface area contributed by atoms with Crippen LogP contribution in [0.1, 0.15) is 39.5 Å². The van der Waals surface area contributed by atoms with Crippen LogP contribution in [-0.4, -0.2) is 49.0 Å². The minimum absolute atomic E-state index is 0.248. The molecule has 0 saturated heterocycles. The van der Waals surface area contributed by atoms with Crippen LogP contribution in [0.5, 0.6) is 0 Å². The van der Waals surface area contributed by atoms with Crippen LogP contribution in [-0.2, 0) is 9.47 Å². The van der Waals surface area contributed by atoms with Crippen molar-refractivity contribution in [1.82, 2.24) is 5.32 Å². The van der Waals surface area contributed by atoms with E-state index in [-0.39, 0.29) is 6.10 Å². The number of thioether (sulfide) groups is 1. The van der Waals surface area contributed by atoms with E-state index in [1.807, 2.05) is 0 Å². The topological polar surface area (TPSA) is 30.5 Å². The highest BCUT2D eigenvalue weighted by Crippen LogP contribution is 2.33. The highest BCUT2D eigenvalue weighted by Gasteiger charge is 2.44. The zero-order valence-electron chi connectivity index (χ0n) is 11.9. The van der Waals surface area contributed by atoms with Crippen molar-refractivity contribution in [1.29, 1.82) is 0 Å². The summed E-state index contributed by atoms with van der Waals surface area (Å²) in [6.45, 7) is 5.10. The molecule has 0 bridgehead atoms. The first-order chi connectivity index (χ1) is 8.80. The van der Waals surface area contributed by atoms with Gasteiger partial charge in [0.05, 0.1) is 12.2 Å². The van der Waals surface area contributed by atoms with Gasteiger partial charge in [-0.1, -0.05) is 13.3 Å². The molecule has 0 heterocycles. The van der Waals surface area contributed by atoms with Crippen molar-refractivity contribution in [3.8, 4) is 0 Å². The van der Waals surface area contributed by atoms with Crippen LogP contribution in [0.3, 0.4) is 0 Å². The number of nitrogens with one attached hydrogen (secondary N) is 1. The molecule has 0 spiro atoms. The van der Waals surface area contributed by atoms with Crippen LogP contribution >= 0.6 is 11.8 Å². The van der Waals surface area contributed by atoms with Crippen LogP contribution < -0.4 is 5.32 Å². The van der Waals surface area contributed by atoms with Gasteiger partial charge in [-0.15, -0.1) is 0 Å². The summed E-state index contributed by atoms with van der Waals surface area (Å²) in [5.41, 5.74) is 0. The zero-order valence-corrected chi connectivity index (χ0v) is 12.7. The predicted molar refractivity (Wildman–Crippen MR) is 77.3 cm³/mol. The van der Waals surface area contributed by atoms with Gasteiger partial charge in [0.15, 0.2) is 0 Å². The molecule has 106 valence electrons. The van der Waals surface area contributed by atoms with Gasteiger partial charge < -0.3 is 14.8 Å². The molecule has 0 aromatic heterocycles. The second-order valence-corrected chi connectivity index (χ2v) is 6.75. The summed E-state index contributed by atoms with van der Waals surface area (Å²) in [4.78, 5) is 0. The van der Waals surface area contributed by atoms with Gasteiger partial charge in [-0.05, 0) is 31.9 Å². The average Bonchev–Trinajstić information content (AvgIpc) is 2.76. The monoisotopic (exact) mass is 273 g/mol. The van der Waals surface area contributed by atoms with Crippen LogP contribution in [0.4, 0.5) is 0 Å². The fourth-order valence-electron chi connectivity index (χ4n) is 3.24. The number of hydrogen-bond donors (Lipinski definition) is 1. The molecule has 2 aliphatic rings. The highest BCUT2D eigenvalue weighted by atomic mass is 32.2. The normalized spacial score (nSPS) is 39.8. The maximum Gasteiger partial charge on any atom is 0.0986 e. The van der Waals surface area contributed by atoms with E-state index in [1.165, 1.54) is 25.0 Å². The molecule has 0 aliphatic heterocycles. The summed E-state index contributed by atoms with van der Waals surface area (Å²) >= 11 is 2.11. The fraction of sp³-hybridized carbons (Fsp3) is 1.00. The predicted octanol–water partition coefficient (Wildman–Crippen LogP) is 2.44. The molecule has 2 saturated carbocycles. The summed E-state index contributed by atoms with van der Waals surface area (Å²) in [5.74, 6) is 1.22. The maximum absolute atomic E-state index is 5.68. The molecule has 3 nitrogen and oxygen atoms in total. The Morgan fingerprint density at radius 3 is 2.72 bits per heavy atom. The second-order valence-electron chi connectivity index (χ2n) is 5.23. The van der Waals surface area contributed by atoms with Crippen molar-refractivity contribution in [2.75, 3.05) is 19.5 Å². The molecule has 2 aliphatic carbocycles. The Bertz CT molecular complexity index is 252. The van der Waals surface area contributed by atoms with E-state index < -0.39 is 0 Å². The molecular formula is C14H27NO2S. The Morgan fingerprint density at radius 1 is 1.22 bits per heavy atom. The molecule has 4 heteroatoms. The minimum Gasteiger partial charge on any atom is -0.377 e. The van der Waals surface area contributed by atoms with E-state index in [0.29, 0.717) is 18.2 Å². The van der Waals surface area contributed by atoms with E-state index in [4.69, 9.17) is 9.47 Å². The Morgan fingerprint density at radius 2 is 2.06 bits per heavy atom. The van der Waals surface area contributed by atoms with Crippen LogP contribution in [0.2, 0.25) is 0 Å². The minimum atomic E-state index is 0.248. The quantitative estimate of drug-likeness (QED) is 0.772. The van der Waals surface area contributed by atoms with E-state index in [1.54, 1.807) is 7.11 Å². The SMILES string of the molecule is CCOC1CC(NC2CCCC2SCC)C1OC. The van der Waals surface area contributed by atoms with E-state index >= 15 is 0 Å². The maximum atomic E-state index is 5.68. The number of ether oxygens (including phenoxy) is 2. The highest BCUT2D eigenvalue weighted by molar-refractivity contribution is 7.99. The first kappa shape index (κ1) is 14.6. The molecule has 0 aromatic carbocycles. The van der Waals surface area contributed by atoms with Gasteiger partial charge in [0.2, 0.25) is 0 Å². The first-order valence-corrected chi connectivity index (χ1v) is 8.37. The lowest BCUT2D eigenvalue weighted by atomic mass is 9.84. The van der Waals surface area contributed by atoms with Crippen molar-refractivity contribution in [2.24, 2.45) is 0 Å². The third kappa shape index (κ3) is 3.21. The van der Waals surface area contributed by atoms with Crippen molar-refractivity contribution in [3.05, 3.63) is 0 Å². The summed E-state index contributed by atoms with van der Waals surface area (Å²) in [6.07, 6.45) is 5.72. The lowest BCUT2D eigenvalue weighted by molar-refractivity contribution is -0.132. The molecule has 0 radical (unpaired) electrons. The summed E-state index contributed by atoms with van der Waals surface area (Å²) < 4.78 is 11.3. The number of rotatable bonds is 7. The Labute approximate surface area is 115 Å². The molecule has 1 N–H and O–H groups in total. The standard InChI is InChI=1S/C14H27NO2S/c1-4-17-12-9-11(14(12)16-3)15-10-7-6-8-13(10)18-5-2/h10-15H,4-9H2,1-3H3. The van der Waals surface area contributed by atoms with Crippen LogP contribution in [0.25, 0.3) is 0 Å². The van der Waals surface area contributed by atoms with Gasteiger partial charge in [-0.25, -0.2) is 0 Å². The van der Waals surface area contributed by atoms with E-state index in [2.05, 4.69) is 30.9 Å². The molecule has 0 amide bonds. The van der Waals surface area contributed by atoms with Crippen LogP contribution in [0, 0.1) is 0 Å². The first-order valence-electron chi connectivity index (χ1n) is 7.32. The summed E-state index contributed by atoms with van der Waals surface area (Å²) in [5, 5.41) is 4.62. The molecule has 5 unspecified atom stereocenters. The molecular weight excluding hydrogens is 246 g/mol. The van der Waals surface area contributed by atoms with Crippen molar-refractivity contribution >= 4 is 11.8 Å². The largest absolute Gasteiger partial charge is 0.377 e. The summed E-state index contributed by atoms with van der Waals surface area (Å²) in [7, 11) is 1.80. The van der Waals surface area contributed by atoms with Gasteiger partial charge in [0.1, 0.15) is 0 Å². The van der Waals surface area contributed by atoms with Gasteiger partial charge in [0, 0.05) is 31.1 Å². The molecule has 2 rings (SSSR count). The van der Waals surface area contributed by atoms with Gasteiger partial charge in [-0.2, -0.15) is 11.8 Å². The van der Waals surface area contributed by atoms with Gasteiger partial charge in [-0.3, -0.25) is 0 Å². The van der Waals surface area contributed by atoms with Gasteiger partial charge >= 0.3 is 0 Å². The second kappa shape index (κ2) is 7.13. The van der Waals surface area contributed by atoms with Crippen molar-refractivity contribution in [3.63, 3.8) is 0 Å². The lowest BCUT2D eigenvalue weighted by Crippen LogP contribution is -2.62. The molecule has 5 atom stereocenters. The summed E-state index contributed by atoms with van der Waals surface area (Å²) in [6, 6.07) is 1.18. The van der Waals surface area contributed by atoms with Crippen molar-refractivity contribution < 1.29 is 9.47 Å². The van der Waals surface area contributed by atoms with Crippen molar-refractivity contribution in [2.45, 2.75) is 69.1 Å². The molecule has 18 heavy (non-hydrogen) atoms. The lowest BCUT2D eigenvalue weighted by Gasteiger charge is -2.45. The third-order valence-corrected chi connectivity index (χ3v) is 5.49. The molecule has 2 fully saturated rings. The van der Waals surface area contributed by atoms with E-state index in [9.17, 15) is 0 Å². The Hall–Kier alpha value is 0.230. The zero-order chi connectivity index (χ0) is 13.0. The number of methoxy groups -OCH3 is 1. The number of hydrogen-bond acceptors (Lipinski definition) is 4. The average molecular weight is 273 g/mol. The smallest absolute Gasteiger partial charge is 0.0986 e. The molecule has 0 aromatic rings. The van der Waals surface area contributed by atoms with Gasteiger partial charge in [0.25, 0.3) is 0 Å². The Balaban J connectivity index is 1.79. The Kier molecular flexibility index (Phi) is 5.80. The van der Waals surface area contributed by atoms with Crippen LogP contribution in [0.15, 0.2) is 0 Å². The third-order valence-electron chi connectivity index (χ3n) is 4.16. The fourth-order valence-corrected chi connectivity index (χ4v) is 4.45.